The van der Waals surface area contributed by atoms with E-state index in [9.17, 15) is 0 Å². The first kappa shape index (κ1) is 13.5. The fourth-order valence-electron chi connectivity index (χ4n) is 2.74. The Kier molecular flexibility index (Phi) is 3.96. The molecule has 0 spiro atoms. The Balaban J connectivity index is 1.73. The first-order valence-corrected chi connectivity index (χ1v) is 8.03. The maximum Gasteiger partial charge on any atom is 0.208 e. The molecule has 0 unspecified atom stereocenters. The molecule has 106 valence electrons. The Hall–Kier alpha value is -1.49. The molecule has 0 saturated heterocycles. The van der Waals surface area contributed by atoms with Crippen LogP contribution in [0.2, 0.25) is 0 Å². The summed E-state index contributed by atoms with van der Waals surface area (Å²) >= 11 is 1.63. The second-order valence-corrected chi connectivity index (χ2v) is 6.59. The van der Waals surface area contributed by atoms with Crippen LogP contribution in [0.3, 0.4) is 0 Å². The summed E-state index contributed by atoms with van der Waals surface area (Å²) in [6.45, 7) is 2.35. The average molecular weight is 288 g/mol. The van der Waals surface area contributed by atoms with E-state index in [1.165, 1.54) is 25.7 Å². The predicted octanol–water partition coefficient (Wildman–Crippen LogP) is 3.62. The molecule has 0 bridgehead atoms. The molecule has 0 N–H and O–H groups in total. The van der Waals surface area contributed by atoms with Gasteiger partial charge in [0.1, 0.15) is 5.69 Å². The van der Waals surface area contributed by atoms with E-state index in [0.29, 0.717) is 6.04 Å². The van der Waals surface area contributed by atoms with Crippen LogP contribution in [-0.2, 0) is 0 Å². The molecule has 1 aliphatic carbocycles. The van der Waals surface area contributed by atoms with E-state index in [2.05, 4.69) is 34.1 Å². The minimum absolute atomic E-state index is 0.607. The molecule has 2 aromatic rings. The molecule has 0 aliphatic heterocycles. The van der Waals surface area contributed by atoms with Crippen LogP contribution in [0.1, 0.15) is 32.6 Å². The van der Waals surface area contributed by atoms with Gasteiger partial charge in [-0.3, -0.25) is 4.98 Å². The highest BCUT2D eigenvalue weighted by Gasteiger charge is 2.24. The molecule has 1 fully saturated rings. The first-order valence-electron chi connectivity index (χ1n) is 7.22. The zero-order valence-corrected chi connectivity index (χ0v) is 12.8. The smallest absolute Gasteiger partial charge is 0.208 e. The number of rotatable bonds is 3. The zero-order chi connectivity index (χ0) is 13.9. The van der Waals surface area contributed by atoms with Crippen molar-refractivity contribution in [3.05, 3.63) is 24.4 Å². The van der Waals surface area contributed by atoms with Crippen molar-refractivity contribution in [1.29, 1.82) is 0 Å². The van der Waals surface area contributed by atoms with Crippen LogP contribution in [0.15, 0.2) is 24.4 Å². The zero-order valence-electron chi connectivity index (χ0n) is 12.0. The summed E-state index contributed by atoms with van der Waals surface area (Å²) in [5, 5.41) is 10.5. The lowest BCUT2D eigenvalue weighted by atomic mass is 9.87. The number of hydrogen-bond donors (Lipinski definition) is 0. The van der Waals surface area contributed by atoms with Crippen LogP contribution < -0.4 is 4.90 Å². The van der Waals surface area contributed by atoms with Crippen LogP contribution in [0.4, 0.5) is 5.13 Å². The third kappa shape index (κ3) is 2.82. The molecular formula is C15H20N4S. The van der Waals surface area contributed by atoms with Gasteiger partial charge in [-0.15, -0.1) is 10.2 Å². The molecule has 2 aromatic heterocycles. The second-order valence-electron chi connectivity index (χ2n) is 5.63. The molecule has 3 rings (SSSR count). The van der Waals surface area contributed by atoms with Crippen molar-refractivity contribution in [2.45, 2.75) is 38.6 Å². The van der Waals surface area contributed by atoms with E-state index in [0.717, 1.165) is 21.8 Å². The molecule has 2 heterocycles. The second kappa shape index (κ2) is 5.87. The van der Waals surface area contributed by atoms with Gasteiger partial charge in [0, 0.05) is 19.3 Å². The fourth-order valence-corrected chi connectivity index (χ4v) is 3.59. The third-order valence-corrected chi connectivity index (χ3v) is 5.17. The Morgan fingerprint density at radius 3 is 2.65 bits per heavy atom. The molecule has 0 atom stereocenters. The Morgan fingerprint density at radius 2 is 1.95 bits per heavy atom. The summed E-state index contributed by atoms with van der Waals surface area (Å²) in [5.74, 6) is 0.873. The minimum Gasteiger partial charge on any atom is -0.347 e. The van der Waals surface area contributed by atoms with Gasteiger partial charge < -0.3 is 4.90 Å². The van der Waals surface area contributed by atoms with Gasteiger partial charge in [0.05, 0.1) is 0 Å². The van der Waals surface area contributed by atoms with Gasteiger partial charge in [-0.25, -0.2) is 0 Å². The van der Waals surface area contributed by atoms with Crippen molar-refractivity contribution in [3.8, 4) is 10.7 Å². The van der Waals surface area contributed by atoms with E-state index in [-0.39, 0.29) is 0 Å². The van der Waals surface area contributed by atoms with E-state index in [1.807, 2.05) is 18.2 Å². The summed E-state index contributed by atoms with van der Waals surface area (Å²) in [4.78, 5) is 6.64. The van der Waals surface area contributed by atoms with E-state index in [4.69, 9.17) is 0 Å². The van der Waals surface area contributed by atoms with Gasteiger partial charge in [0.15, 0.2) is 5.01 Å². The van der Waals surface area contributed by atoms with Crippen LogP contribution in [0.5, 0.6) is 0 Å². The highest BCUT2D eigenvalue weighted by molar-refractivity contribution is 7.18. The number of hydrogen-bond acceptors (Lipinski definition) is 5. The normalized spacial score (nSPS) is 22.7. The van der Waals surface area contributed by atoms with Crippen molar-refractivity contribution in [1.82, 2.24) is 15.2 Å². The molecule has 1 saturated carbocycles. The number of nitrogens with zero attached hydrogens (tertiary/aromatic N) is 4. The summed E-state index contributed by atoms with van der Waals surface area (Å²) in [5.41, 5.74) is 0.905. The van der Waals surface area contributed by atoms with Crippen LogP contribution in [-0.4, -0.2) is 28.3 Å². The molecule has 1 aliphatic rings. The Labute approximate surface area is 123 Å². The van der Waals surface area contributed by atoms with Crippen molar-refractivity contribution >= 4 is 16.5 Å². The van der Waals surface area contributed by atoms with Crippen molar-refractivity contribution < 1.29 is 0 Å². The molecule has 4 nitrogen and oxygen atoms in total. The maximum atomic E-state index is 4.34. The van der Waals surface area contributed by atoms with E-state index < -0.39 is 0 Å². The monoisotopic (exact) mass is 288 g/mol. The number of pyridine rings is 1. The molecule has 0 radical (unpaired) electrons. The standard InChI is InChI=1S/C15H20N4S/c1-11-6-8-12(9-7-11)19(2)15-18-17-14(20-15)13-5-3-4-10-16-13/h3-5,10-12H,6-9H2,1-2H3. The van der Waals surface area contributed by atoms with E-state index in [1.54, 1.807) is 17.5 Å². The summed E-state index contributed by atoms with van der Waals surface area (Å²) < 4.78 is 0. The van der Waals surface area contributed by atoms with Crippen LogP contribution in [0.25, 0.3) is 10.7 Å². The fraction of sp³-hybridized carbons (Fsp3) is 0.533. The SMILES string of the molecule is CC1CCC(N(C)c2nnc(-c3ccccn3)s2)CC1. The van der Waals surface area contributed by atoms with Crippen LogP contribution >= 0.6 is 11.3 Å². The lowest BCUT2D eigenvalue weighted by Crippen LogP contribution is -2.34. The van der Waals surface area contributed by atoms with Crippen molar-refractivity contribution in [3.63, 3.8) is 0 Å². The Bertz CT molecular complexity index is 546. The van der Waals surface area contributed by atoms with Crippen LogP contribution in [0, 0.1) is 5.92 Å². The lowest BCUT2D eigenvalue weighted by Gasteiger charge is -2.33. The molecule has 20 heavy (non-hydrogen) atoms. The van der Waals surface area contributed by atoms with Crippen molar-refractivity contribution in [2.75, 3.05) is 11.9 Å². The van der Waals surface area contributed by atoms with Gasteiger partial charge in [-0.2, -0.15) is 0 Å². The minimum atomic E-state index is 0.607. The molecular weight excluding hydrogens is 268 g/mol. The molecule has 0 amide bonds. The van der Waals surface area contributed by atoms with Gasteiger partial charge >= 0.3 is 0 Å². The Morgan fingerprint density at radius 1 is 1.15 bits per heavy atom. The van der Waals surface area contributed by atoms with Crippen molar-refractivity contribution in [2.24, 2.45) is 5.92 Å². The highest BCUT2D eigenvalue weighted by atomic mass is 32.1. The average Bonchev–Trinajstić information content (AvgIpc) is 2.98. The highest BCUT2D eigenvalue weighted by Crippen LogP contribution is 2.32. The molecule has 5 heteroatoms. The number of aromatic nitrogens is 3. The summed E-state index contributed by atoms with van der Waals surface area (Å²) in [6, 6.07) is 6.49. The summed E-state index contributed by atoms with van der Waals surface area (Å²) in [7, 11) is 2.14. The lowest BCUT2D eigenvalue weighted by molar-refractivity contribution is 0.340. The summed E-state index contributed by atoms with van der Waals surface area (Å²) in [6.07, 6.45) is 6.96. The number of anilines is 1. The largest absolute Gasteiger partial charge is 0.347 e. The van der Waals surface area contributed by atoms with Gasteiger partial charge in [-0.05, 0) is 43.7 Å². The third-order valence-electron chi connectivity index (χ3n) is 4.13. The topological polar surface area (TPSA) is 41.9 Å². The molecule has 0 aromatic carbocycles. The quantitative estimate of drug-likeness (QED) is 0.865. The predicted molar refractivity (Wildman–Crippen MR) is 83.0 cm³/mol. The van der Waals surface area contributed by atoms with E-state index >= 15 is 0 Å². The van der Waals surface area contributed by atoms with Gasteiger partial charge in [0.25, 0.3) is 0 Å². The van der Waals surface area contributed by atoms with Gasteiger partial charge in [-0.1, -0.05) is 24.3 Å². The maximum absolute atomic E-state index is 4.34. The first-order chi connectivity index (χ1) is 9.74. The van der Waals surface area contributed by atoms with Gasteiger partial charge in [0.2, 0.25) is 5.13 Å².